The van der Waals surface area contributed by atoms with Crippen LogP contribution in [0.1, 0.15) is 16.1 Å². The lowest BCUT2D eigenvalue weighted by atomic mass is 10.2. The molecule has 2 rings (SSSR count). The van der Waals surface area contributed by atoms with E-state index in [0.29, 0.717) is 9.26 Å². The lowest BCUT2D eigenvalue weighted by Crippen LogP contribution is -2.17. The summed E-state index contributed by atoms with van der Waals surface area (Å²) < 4.78 is 46.9. The summed E-state index contributed by atoms with van der Waals surface area (Å²) in [4.78, 5) is 11.9. The SMILES string of the molecule is COC(=O)c1c(N)c(C#N)cn1-c1ccc(OC(F)(F)F)cc1I. The molecule has 2 N–H and O–H groups in total. The highest BCUT2D eigenvalue weighted by atomic mass is 127. The Morgan fingerprint density at radius 1 is 1.42 bits per heavy atom. The maximum atomic E-state index is 12.3. The molecule has 0 aliphatic carbocycles. The molecule has 1 aromatic heterocycles. The predicted molar refractivity (Wildman–Crippen MR) is 85.6 cm³/mol. The second-order valence-electron chi connectivity index (χ2n) is 4.44. The van der Waals surface area contributed by atoms with Gasteiger partial charge in [0.15, 0.2) is 5.69 Å². The van der Waals surface area contributed by atoms with Crippen LogP contribution >= 0.6 is 22.6 Å². The molecular weight excluding hydrogens is 442 g/mol. The largest absolute Gasteiger partial charge is 0.573 e. The molecule has 0 saturated carbocycles. The van der Waals surface area contributed by atoms with Crippen LogP contribution in [0.4, 0.5) is 18.9 Å². The first-order chi connectivity index (χ1) is 11.2. The van der Waals surface area contributed by atoms with Crippen molar-refractivity contribution >= 4 is 34.2 Å². The van der Waals surface area contributed by atoms with Crippen LogP contribution in [0, 0.1) is 14.9 Å². The number of aromatic nitrogens is 1. The average molecular weight is 451 g/mol. The Labute approximate surface area is 147 Å². The maximum absolute atomic E-state index is 12.3. The van der Waals surface area contributed by atoms with E-state index in [0.717, 1.165) is 19.2 Å². The van der Waals surface area contributed by atoms with Crippen molar-refractivity contribution in [1.82, 2.24) is 4.57 Å². The highest BCUT2D eigenvalue weighted by molar-refractivity contribution is 14.1. The van der Waals surface area contributed by atoms with Gasteiger partial charge in [0.1, 0.15) is 11.8 Å². The van der Waals surface area contributed by atoms with E-state index in [2.05, 4.69) is 9.47 Å². The summed E-state index contributed by atoms with van der Waals surface area (Å²) in [6.07, 6.45) is -3.50. The van der Waals surface area contributed by atoms with E-state index in [9.17, 15) is 18.0 Å². The Kier molecular flexibility index (Phi) is 4.93. The monoisotopic (exact) mass is 451 g/mol. The van der Waals surface area contributed by atoms with Gasteiger partial charge in [-0.15, -0.1) is 13.2 Å². The number of methoxy groups -OCH3 is 1. The molecule has 0 unspecified atom stereocenters. The molecule has 1 aromatic carbocycles. The lowest BCUT2D eigenvalue weighted by Gasteiger charge is -2.13. The number of benzene rings is 1. The van der Waals surface area contributed by atoms with Crippen LogP contribution in [0.5, 0.6) is 5.75 Å². The van der Waals surface area contributed by atoms with Crippen molar-refractivity contribution in [3.05, 3.63) is 39.2 Å². The van der Waals surface area contributed by atoms with Crippen LogP contribution in [0.15, 0.2) is 24.4 Å². The molecule has 0 spiro atoms. The van der Waals surface area contributed by atoms with Gasteiger partial charge >= 0.3 is 12.3 Å². The summed E-state index contributed by atoms with van der Waals surface area (Å²) >= 11 is 1.78. The number of hydrogen-bond acceptors (Lipinski definition) is 5. The Bertz CT molecular complexity index is 840. The number of nitrogens with zero attached hydrogens (tertiary/aromatic N) is 2. The minimum atomic E-state index is -4.81. The zero-order chi connectivity index (χ0) is 18.1. The summed E-state index contributed by atoms with van der Waals surface area (Å²) in [6.45, 7) is 0. The number of rotatable bonds is 3. The topological polar surface area (TPSA) is 90.3 Å². The van der Waals surface area contributed by atoms with Crippen LogP contribution in [-0.4, -0.2) is 24.0 Å². The number of alkyl halides is 3. The van der Waals surface area contributed by atoms with Crippen molar-refractivity contribution < 1.29 is 27.4 Å². The molecule has 0 amide bonds. The van der Waals surface area contributed by atoms with Gasteiger partial charge in [0.2, 0.25) is 0 Å². The number of nitrogens with two attached hydrogens (primary N) is 1. The number of hydrogen-bond donors (Lipinski definition) is 1. The van der Waals surface area contributed by atoms with Gasteiger partial charge in [-0.1, -0.05) is 0 Å². The van der Waals surface area contributed by atoms with Gasteiger partial charge < -0.3 is 19.8 Å². The van der Waals surface area contributed by atoms with Crippen LogP contribution in [0.2, 0.25) is 0 Å². The second-order valence-corrected chi connectivity index (χ2v) is 5.60. The zero-order valence-electron chi connectivity index (χ0n) is 12.0. The van der Waals surface area contributed by atoms with E-state index in [1.165, 1.54) is 16.8 Å². The minimum Gasteiger partial charge on any atom is -0.464 e. The Hall–Kier alpha value is -2.42. The Balaban J connectivity index is 2.57. The summed E-state index contributed by atoms with van der Waals surface area (Å²) in [5, 5.41) is 9.06. The van der Waals surface area contributed by atoms with E-state index in [-0.39, 0.29) is 16.9 Å². The number of nitriles is 1. The number of carbonyl (C=O) groups excluding carboxylic acids is 1. The van der Waals surface area contributed by atoms with Crippen molar-refractivity contribution in [2.24, 2.45) is 0 Å². The van der Waals surface area contributed by atoms with Gasteiger partial charge in [0, 0.05) is 9.77 Å². The fourth-order valence-electron chi connectivity index (χ4n) is 1.98. The molecule has 0 fully saturated rings. The van der Waals surface area contributed by atoms with Gasteiger partial charge in [-0.25, -0.2) is 4.79 Å². The molecule has 126 valence electrons. The quantitative estimate of drug-likeness (QED) is 0.572. The van der Waals surface area contributed by atoms with E-state index in [4.69, 9.17) is 11.0 Å². The van der Waals surface area contributed by atoms with Gasteiger partial charge in [-0.2, -0.15) is 5.26 Å². The third-order valence-corrected chi connectivity index (χ3v) is 3.82. The smallest absolute Gasteiger partial charge is 0.464 e. The lowest BCUT2D eigenvalue weighted by molar-refractivity contribution is -0.274. The van der Waals surface area contributed by atoms with Gasteiger partial charge in [-0.3, -0.25) is 0 Å². The van der Waals surface area contributed by atoms with Crippen molar-refractivity contribution in [3.8, 4) is 17.5 Å². The van der Waals surface area contributed by atoms with Crippen molar-refractivity contribution in [2.45, 2.75) is 6.36 Å². The molecule has 24 heavy (non-hydrogen) atoms. The van der Waals surface area contributed by atoms with Crippen LogP contribution in [-0.2, 0) is 4.74 Å². The molecule has 0 aliphatic rings. The first-order valence-electron chi connectivity index (χ1n) is 6.23. The average Bonchev–Trinajstić information content (AvgIpc) is 2.81. The number of carbonyl (C=O) groups is 1. The summed E-state index contributed by atoms with van der Waals surface area (Å²) in [6, 6.07) is 5.39. The molecule has 2 aromatic rings. The highest BCUT2D eigenvalue weighted by Gasteiger charge is 2.31. The van der Waals surface area contributed by atoms with Crippen LogP contribution in [0.25, 0.3) is 5.69 Å². The van der Waals surface area contributed by atoms with E-state index in [1.807, 2.05) is 6.07 Å². The Morgan fingerprint density at radius 2 is 2.08 bits per heavy atom. The Morgan fingerprint density at radius 3 is 2.58 bits per heavy atom. The number of nitrogen functional groups attached to an aromatic ring is 1. The molecule has 0 aliphatic heterocycles. The summed E-state index contributed by atoms with van der Waals surface area (Å²) in [5.74, 6) is -1.18. The summed E-state index contributed by atoms with van der Waals surface area (Å²) in [5.41, 5.74) is 6.00. The number of ether oxygens (including phenoxy) is 2. The first-order valence-corrected chi connectivity index (χ1v) is 7.30. The second kappa shape index (κ2) is 6.60. The van der Waals surface area contributed by atoms with E-state index in [1.54, 1.807) is 22.6 Å². The minimum absolute atomic E-state index is 0.0434. The van der Waals surface area contributed by atoms with E-state index < -0.39 is 18.1 Å². The van der Waals surface area contributed by atoms with Crippen molar-refractivity contribution in [1.29, 1.82) is 5.26 Å². The number of halogens is 4. The van der Waals surface area contributed by atoms with Crippen LogP contribution in [0.3, 0.4) is 0 Å². The summed E-state index contributed by atoms with van der Waals surface area (Å²) in [7, 11) is 1.15. The fourth-order valence-corrected chi connectivity index (χ4v) is 2.73. The van der Waals surface area contributed by atoms with Crippen LogP contribution < -0.4 is 10.5 Å². The molecule has 0 radical (unpaired) electrons. The number of anilines is 1. The number of esters is 1. The molecule has 6 nitrogen and oxygen atoms in total. The molecule has 1 heterocycles. The van der Waals surface area contributed by atoms with Crippen molar-refractivity contribution in [2.75, 3.05) is 12.8 Å². The molecular formula is C14H9F3IN3O3. The normalized spacial score (nSPS) is 11.0. The molecule has 0 bridgehead atoms. The third kappa shape index (κ3) is 3.56. The van der Waals surface area contributed by atoms with Gasteiger partial charge in [-0.05, 0) is 40.8 Å². The fraction of sp³-hybridized carbons (Fsp3) is 0.143. The van der Waals surface area contributed by atoms with E-state index >= 15 is 0 Å². The maximum Gasteiger partial charge on any atom is 0.573 e. The standard InChI is InChI=1S/C14H9F3IN3O3/c1-23-13(22)12-11(20)7(5-19)6-21(12)10-3-2-8(4-9(10)18)24-14(15,16)17/h2-4,6H,20H2,1H3. The van der Waals surface area contributed by atoms with Crippen molar-refractivity contribution in [3.63, 3.8) is 0 Å². The molecule has 0 saturated heterocycles. The van der Waals surface area contributed by atoms with Gasteiger partial charge in [0.05, 0.1) is 24.0 Å². The van der Waals surface area contributed by atoms with Gasteiger partial charge in [0.25, 0.3) is 0 Å². The molecule has 10 heteroatoms. The highest BCUT2D eigenvalue weighted by Crippen LogP contribution is 2.31. The predicted octanol–water partition coefficient (Wildman–Crippen LogP) is 3.22. The molecule has 0 atom stereocenters. The first kappa shape index (κ1) is 17.9. The third-order valence-electron chi connectivity index (χ3n) is 2.96. The zero-order valence-corrected chi connectivity index (χ0v) is 14.2.